The molecule has 0 unspecified atom stereocenters. The van der Waals surface area contributed by atoms with Crippen molar-refractivity contribution < 1.29 is 4.39 Å². The molecule has 0 spiro atoms. The Kier molecular flexibility index (Phi) is 4.64. The molecule has 1 heterocycles. The van der Waals surface area contributed by atoms with Gasteiger partial charge in [-0.3, -0.25) is 9.80 Å². The third kappa shape index (κ3) is 4.01. The third-order valence-electron chi connectivity index (χ3n) is 3.71. The number of hydrogen-bond acceptors (Lipinski definition) is 2. The summed E-state index contributed by atoms with van der Waals surface area (Å²) in [6.07, 6.45) is 0. The van der Waals surface area contributed by atoms with E-state index in [-0.39, 0.29) is 11.4 Å². The maximum Gasteiger partial charge on any atom is 0.137 e. The predicted molar refractivity (Wildman–Crippen MR) is 80.7 cm³/mol. The Bertz CT molecular complexity index is 434. The number of rotatable bonds is 2. The van der Waals surface area contributed by atoms with Crippen LogP contribution in [-0.4, -0.2) is 41.5 Å². The molecule has 1 fully saturated rings. The van der Waals surface area contributed by atoms with Gasteiger partial charge in [0, 0.05) is 38.3 Å². The van der Waals surface area contributed by atoms with Gasteiger partial charge < -0.3 is 0 Å². The first-order valence-electron chi connectivity index (χ1n) is 6.77. The average molecular weight is 329 g/mol. The highest BCUT2D eigenvalue weighted by molar-refractivity contribution is 9.10. The molecule has 1 aliphatic rings. The van der Waals surface area contributed by atoms with Gasteiger partial charge in [0.2, 0.25) is 0 Å². The summed E-state index contributed by atoms with van der Waals surface area (Å²) in [5.74, 6) is -0.193. The Balaban J connectivity index is 1.90. The maximum absolute atomic E-state index is 13.2. The smallest absolute Gasteiger partial charge is 0.137 e. The molecule has 0 atom stereocenters. The Morgan fingerprint density at radius 3 is 2.32 bits per heavy atom. The Labute approximate surface area is 123 Å². The SMILES string of the molecule is CC(C)(C)N1CCN(Cc2ccc(F)c(Br)c2)CC1. The van der Waals surface area contributed by atoms with Crippen molar-refractivity contribution in [1.29, 1.82) is 0 Å². The van der Waals surface area contributed by atoms with E-state index in [2.05, 4.69) is 46.5 Å². The average Bonchev–Trinajstić information content (AvgIpc) is 2.33. The summed E-state index contributed by atoms with van der Waals surface area (Å²) in [4.78, 5) is 4.95. The fourth-order valence-electron chi connectivity index (χ4n) is 2.47. The van der Waals surface area contributed by atoms with Gasteiger partial charge in [0.15, 0.2) is 0 Å². The number of halogens is 2. The van der Waals surface area contributed by atoms with Crippen molar-refractivity contribution in [1.82, 2.24) is 9.80 Å². The number of piperazine rings is 1. The molecule has 1 aromatic rings. The molecule has 1 aliphatic heterocycles. The van der Waals surface area contributed by atoms with E-state index in [0.29, 0.717) is 4.47 Å². The summed E-state index contributed by atoms with van der Waals surface area (Å²) < 4.78 is 13.7. The molecule has 1 aromatic carbocycles. The van der Waals surface area contributed by atoms with Crippen molar-refractivity contribution >= 4 is 15.9 Å². The lowest BCUT2D eigenvalue weighted by Crippen LogP contribution is -2.53. The number of hydrogen-bond donors (Lipinski definition) is 0. The van der Waals surface area contributed by atoms with E-state index in [9.17, 15) is 4.39 Å². The summed E-state index contributed by atoms with van der Waals surface area (Å²) in [6.45, 7) is 12.0. The molecule has 0 bridgehead atoms. The van der Waals surface area contributed by atoms with Crippen molar-refractivity contribution in [3.8, 4) is 0 Å². The predicted octanol–water partition coefficient (Wildman–Crippen LogP) is 3.50. The fraction of sp³-hybridized carbons (Fsp3) is 0.600. The summed E-state index contributed by atoms with van der Waals surface area (Å²) in [6, 6.07) is 5.28. The second-order valence-corrected chi connectivity index (χ2v) is 7.04. The van der Waals surface area contributed by atoms with Crippen LogP contribution in [0.5, 0.6) is 0 Å². The van der Waals surface area contributed by atoms with Gasteiger partial charge in [0.1, 0.15) is 5.82 Å². The molecular weight excluding hydrogens is 307 g/mol. The summed E-state index contributed by atoms with van der Waals surface area (Å²) >= 11 is 3.24. The van der Waals surface area contributed by atoms with Crippen LogP contribution < -0.4 is 0 Å². The molecule has 19 heavy (non-hydrogen) atoms. The van der Waals surface area contributed by atoms with Crippen molar-refractivity contribution in [2.24, 2.45) is 0 Å². The molecule has 1 saturated heterocycles. The number of nitrogens with zero attached hydrogens (tertiary/aromatic N) is 2. The maximum atomic E-state index is 13.2. The highest BCUT2D eigenvalue weighted by Crippen LogP contribution is 2.20. The van der Waals surface area contributed by atoms with Crippen LogP contribution in [0.2, 0.25) is 0 Å². The van der Waals surface area contributed by atoms with E-state index in [1.807, 2.05) is 12.1 Å². The van der Waals surface area contributed by atoms with Gasteiger partial charge in [-0.05, 0) is 54.4 Å². The zero-order valence-electron chi connectivity index (χ0n) is 11.9. The van der Waals surface area contributed by atoms with Gasteiger partial charge in [-0.2, -0.15) is 0 Å². The van der Waals surface area contributed by atoms with E-state index in [0.717, 1.165) is 38.3 Å². The topological polar surface area (TPSA) is 6.48 Å². The molecule has 0 N–H and O–H groups in total. The second-order valence-electron chi connectivity index (χ2n) is 6.18. The normalized spacial score (nSPS) is 18.8. The first-order valence-corrected chi connectivity index (χ1v) is 7.57. The molecule has 0 radical (unpaired) electrons. The Morgan fingerprint density at radius 2 is 1.79 bits per heavy atom. The van der Waals surface area contributed by atoms with Gasteiger partial charge in [-0.25, -0.2) is 4.39 Å². The van der Waals surface area contributed by atoms with Gasteiger partial charge in [0.25, 0.3) is 0 Å². The lowest BCUT2D eigenvalue weighted by molar-refractivity contribution is 0.0591. The van der Waals surface area contributed by atoms with Gasteiger partial charge >= 0.3 is 0 Å². The van der Waals surface area contributed by atoms with Gasteiger partial charge in [0.05, 0.1) is 4.47 Å². The molecule has 4 heteroatoms. The monoisotopic (exact) mass is 328 g/mol. The van der Waals surface area contributed by atoms with E-state index in [1.165, 1.54) is 6.07 Å². The minimum atomic E-state index is -0.193. The van der Waals surface area contributed by atoms with Crippen LogP contribution in [0.3, 0.4) is 0 Å². The largest absolute Gasteiger partial charge is 0.297 e. The molecule has 2 rings (SSSR count). The van der Waals surface area contributed by atoms with Crippen LogP contribution in [-0.2, 0) is 6.54 Å². The molecule has 106 valence electrons. The fourth-order valence-corrected chi connectivity index (χ4v) is 2.90. The van der Waals surface area contributed by atoms with Crippen molar-refractivity contribution in [3.63, 3.8) is 0 Å². The highest BCUT2D eigenvalue weighted by Gasteiger charge is 2.25. The molecular formula is C15H22BrFN2. The van der Waals surface area contributed by atoms with Crippen LogP contribution in [0.25, 0.3) is 0 Å². The number of benzene rings is 1. The standard InChI is InChI=1S/C15H22BrFN2/c1-15(2,3)19-8-6-18(7-9-19)11-12-4-5-14(17)13(16)10-12/h4-5,10H,6-9,11H2,1-3H3. The minimum absolute atomic E-state index is 0.193. The first kappa shape index (κ1) is 14.9. The first-order chi connectivity index (χ1) is 8.86. The van der Waals surface area contributed by atoms with Crippen molar-refractivity contribution in [2.75, 3.05) is 26.2 Å². The van der Waals surface area contributed by atoms with Crippen molar-refractivity contribution in [2.45, 2.75) is 32.9 Å². The quantitative estimate of drug-likeness (QED) is 0.819. The van der Waals surface area contributed by atoms with E-state index >= 15 is 0 Å². The Hall–Kier alpha value is -0.450. The highest BCUT2D eigenvalue weighted by atomic mass is 79.9. The Morgan fingerprint density at radius 1 is 1.16 bits per heavy atom. The van der Waals surface area contributed by atoms with E-state index < -0.39 is 0 Å². The van der Waals surface area contributed by atoms with Gasteiger partial charge in [-0.15, -0.1) is 0 Å². The lowest BCUT2D eigenvalue weighted by Gasteiger charge is -2.42. The molecule has 2 nitrogen and oxygen atoms in total. The van der Waals surface area contributed by atoms with Crippen LogP contribution in [0.1, 0.15) is 26.3 Å². The van der Waals surface area contributed by atoms with Crippen LogP contribution in [0, 0.1) is 5.82 Å². The molecule has 0 amide bonds. The lowest BCUT2D eigenvalue weighted by atomic mass is 10.0. The molecule has 0 aromatic heterocycles. The summed E-state index contributed by atoms with van der Waals surface area (Å²) in [7, 11) is 0. The molecule has 0 aliphatic carbocycles. The third-order valence-corrected chi connectivity index (χ3v) is 4.32. The zero-order valence-corrected chi connectivity index (χ0v) is 13.5. The summed E-state index contributed by atoms with van der Waals surface area (Å²) in [5.41, 5.74) is 1.42. The van der Waals surface area contributed by atoms with Crippen LogP contribution in [0.15, 0.2) is 22.7 Å². The van der Waals surface area contributed by atoms with E-state index in [1.54, 1.807) is 0 Å². The minimum Gasteiger partial charge on any atom is -0.297 e. The van der Waals surface area contributed by atoms with E-state index in [4.69, 9.17) is 0 Å². The van der Waals surface area contributed by atoms with Crippen molar-refractivity contribution in [3.05, 3.63) is 34.1 Å². The second kappa shape index (κ2) is 5.90. The summed E-state index contributed by atoms with van der Waals surface area (Å²) in [5, 5.41) is 0. The van der Waals surface area contributed by atoms with Gasteiger partial charge in [-0.1, -0.05) is 6.07 Å². The zero-order chi connectivity index (χ0) is 14.0. The van der Waals surface area contributed by atoms with Crippen LogP contribution in [0.4, 0.5) is 4.39 Å². The molecule has 0 saturated carbocycles. The van der Waals surface area contributed by atoms with Crippen LogP contribution >= 0.6 is 15.9 Å².